The number of rotatable bonds is 18. The van der Waals surface area contributed by atoms with Crippen molar-refractivity contribution in [2.24, 2.45) is 0 Å². The Balaban J connectivity index is 1.07. The Morgan fingerprint density at radius 1 is 0.631 bits per heavy atom. The van der Waals surface area contributed by atoms with E-state index in [-0.39, 0.29) is 17.5 Å². The van der Waals surface area contributed by atoms with Crippen LogP contribution in [0.5, 0.6) is 0 Å². The van der Waals surface area contributed by atoms with E-state index in [1.165, 1.54) is 5.56 Å². The fraction of sp³-hybridized carbons (Fsp3) is 0.193. The number of hydrogen-bond donors (Lipinski definition) is 1. The molecule has 6 aromatic carbocycles. The molecule has 0 aliphatic carbocycles. The highest BCUT2D eigenvalue weighted by atomic mass is 35.5. The van der Waals surface area contributed by atoms with Crippen molar-refractivity contribution in [2.45, 2.75) is 31.3 Å². The maximum atomic E-state index is 14.3. The molecule has 6 aromatic rings. The quantitative estimate of drug-likeness (QED) is 0.0687. The molecule has 0 spiro atoms. The van der Waals surface area contributed by atoms with Crippen LogP contribution < -0.4 is 0 Å². The normalized spacial score (nSPS) is 15.5. The Morgan fingerprint density at radius 2 is 1.15 bits per heavy atom. The van der Waals surface area contributed by atoms with Gasteiger partial charge in [-0.05, 0) is 144 Å². The number of likely N-dealkylation sites (tertiary alicyclic amines) is 1. The molecule has 2 unspecified atom stereocenters. The molecule has 2 atom stereocenters. The molecule has 0 aromatic heterocycles. The molecular weight excluding hydrogens is 867 g/mol. The van der Waals surface area contributed by atoms with Gasteiger partial charge in [-0.2, -0.15) is 0 Å². The molecule has 1 N–H and O–H groups in total. The summed E-state index contributed by atoms with van der Waals surface area (Å²) in [6.45, 7) is 2.97. The van der Waals surface area contributed by atoms with Crippen molar-refractivity contribution >= 4 is 87.4 Å². The molecule has 1 aliphatic heterocycles. The van der Waals surface area contributed by atoms with Crippen molar-refractivity contribution in [2.75, 3.05) is 40.3 Å². The first-order chi connectivity index (χ1) is 31.5. The SMILES string of the molecule is CN(C)CCC(=O)/C(=C\c1ccc(Cl)cc1)c1cccc(C2CCN(CCC(=O)/C(=C\c3ccc(Cl)cc3)c3cccc(/C=C/C(O)/C(=C/c4ccc(Cl)cc4)c4ccccc4)c3)C2)c1. The van der Waals surface area contributed by atoms with E-state index < -0.39 is 6.10 Å². The molecule has 65 heavy (non-hydrogen) atoms. The standard InChI is InChI=1S/C57H53Cl3N2O3/c1-61(2)31-29-56(64)54(37-43-18-25-51(60)26-19-43)47-13-7-11-45(38-47)48-28-32-62(39-48)33-30-57(65)53(36-42-16-23-50(59)24-17-42)46-12-6-8-40(34-46)20-27-55(63)52(44-9-4-3-5-10-44)35-41-14-21-49(58)22-15-41/h3-27,34-38,48,55,63H,28-33,39H2,1-2H3/b27-20+,52-35+,53-36-,54-37-. The number of allylic oxidation sites excluding steroid dienone is 2. The Bertz CT molecular complexity index is 2690. The largest absolute Gasteiger partial charge is 0.384 e. The van der Waals surface area contributed by atoms with E-state index in [4.69, 9.17) is 34.8 Å². The van der Waals surface area contributed by atoms with Crippen LogP contribution in [0.1, 0.15) is 69.7 Å². The fourth-order valence-corrected chi connectivity index (χ4v) is 8.43. The number of ketones is 2. The average molecular weight is 920 g/mol. The lowest BCUT2D eigenvalue weighted by molar-refractivity contribution is -0.114. The minimum atomic E-state index is -0.905. The predicted octanol–water partition coefficient (Wildman–Crippen LogP) is 13.3. The molecule has 0 amide bonds. The minimum Gasteiger partial charge on any atom is -0.384 e. The Hall–Kier alpha value is -5.63. The minimum absolute atomic E-state index is 0.0389. The van der Waals surface area contributed by atoms with Crippen LogP contribution in [-0.4, -0.2) is 72.9 Å². The third-order valence-corrected chi connectivity index (χ3v) is 12.4. The van der Waals surface area contributed by atoms with E-state index in [1.807, 2.05) is 183 Å². The first-order valence-corrected chi connectivity index (χ1v) is 23.1. The number of benzene rings is 6. The molecule has 7 rings (SSSR count). The molecule has 1 saturated heterocycles. The molecule has 330 valence electrons. The highest BCUT2D eigenvalue weighted by Gasteiger charge is 2.26. The summed E-state index contributed by atoms with van der Waals surface area (Å²) in [4.78, 5) is 32.4. The van der Waals surface area contributed by atoms with Crippen LogP contribution >= 0.6 is 34.8 Å². The average Bonchev–Trinajstić information content (AvgIpc) is 3.81. The van der Waals surface area contributed by atoms with Crippen LogP contribution in [0.4, 0.5) is 0 Å². The van der Waals surface area contributed by atoms with Gasteiger partial charge in [-0.3, -0.25) is 9.59 Å². The van der Waals surface area contributed by atoms with Crippen LogP contribution in [-0.2, 0) is 9.59 Å². The van der Waals surface area contributed by atoms with E-state index in [0.29, 0.717) is 52.1 Å². The highest BCUT2D eigenvalue weighted by molar-refractivity contribution is 6.31. The topological polar surface area (TPSA) is 60.9 Å². The number of nitrogens with zero attached hydrogens (tertiary/aromatic N) is 2. The summed E-state index contributed by atoms with van der Waals surface area (Å²) in [6, 6.07) is 48.6. The van der Waals surface area contributed by atoms with Crippen LogP contribution in [0, 0.1) is 0 Å². The van der Waals surface area contributed by atoms with E-state index in [9.17, 15) is 14.7 Å². The number of aliphatic hydroxyl groups excluding tert-OH is 1. The van der Waals surface area contributed by atoms with Crippen molar-refractivity contribution < 1.29 is 14.7 Å². The van der Waals surface area contributed by atoms with Crippen LogP contribution in [0.25, 0.3) is 41.0 Å². The van der Waals surface area contributed by atoms with Gasteiger partial charge >= 0.3 is 0 Å². The number of carbonyl (C=O) groups excluding carboxylic acids is 2. The number of hydrogen-bond acceptors (Lipinski definition) is 5. The van der Waals surface area contributed by atoms with Crippen LogP contribution in [0.2, 0.25) is 15.1 Å². The van der Waals surface area contributed by atoms with Crippen molar-refractivity contribution in [3.8, 4) is 0 Å². The molecule has 0 bridgehead atoms. The zero-order valence-electron chi connectivity index (χ0n) is 36.7. The van der Waals surface area contributed by atoms with Crippen molar-refractivity contribution in [3.05, 3.63) is 217 Å². The van der Waals surface area contributed by atoms with E-state index in [1.54, 1.807) is 6.08 Å². The highest BCUT2D eigenvalue weighted by Crippen LogP contribution is 2.32. The van der Waals surface area contributed by atoms with Gasteiger partial charge in [0, 0.05) is 58.7 Å². The van der Waals surface area contributed by atoms with E-state index in [2.05, 4.69) is 17.0 Å². The van der Waals surface area contributed by atoms with Gasteiger partial charge in [-0.25, -0.2) is 0 Å². The summed E-state index contributed by atoms with van der Waals surface area (Å²) in [6.07, 6.45) is 10.4. The molecule has 0 radical (unpaired) electrons. The summed E-state index contributed by atoms with van der Waals surface area (Å²) in [5, 5.41) is 13.5. The Morgan fingerprint density at radius 3 is 1.74 bits per heavy atom. The fourth-order valence-electron chi connectivity index (χ4n) is 8.05. The van der Waals surface area contributed by atoms with Gasteiger partial charge in [0.2, 0.25) is 0 Å². The number of halogens is 3. The Labute approximate surface area is 398 Å². The van der Waals surface area contributed by atoms with Crippen molar-refractivity contribution in [1.29, 1.82) is 0 Å². The molecule has 5 nitrogen and oxygen atoms in total. The second kappa shape index (κ2) is 23.0. The maximum Gasteiger partial charge on any atom is 0.164 e. The van der Waals surface area contributed by atoms with Crippen molar-refractivity contribution in [1.82, 2.24) is 9.80 Å². The first kappa shape index (κ1) is 47.3. The van der Waals surface area contributed by atoms with Gasteiger partial charge in [0.25, 0.3) is 0 Å². The molecule has 0 saturated carbocycles. The lowest BCUT2D eigenvalue weighted by atomic mass is 9.91. The third-order valence-electron chi connectivity index (χ3n) is 11.6. The summed E-state index contributed by atoms with van der Waals surface area (Å²) in [5.74, 6) is 0.403. The molecular formula is C57H53Cl3N2O3. The zero-order valence-corrected chi connectivity index (χ0v) is 39.0. The van der Waals surface area contributed by atoms with Gasteiger partial charge < -0.3 is 14.9 Å². The van der Waals surface area contributed by atoms with Gasteiger partial charge in [0.1, 0.15) is 0 Å². The molecule has 1 aliphatic rings. The van der Waals surface area contributed by atoms with Gasteiger partial charge in [0.15, 0.2) is 11.6 Å². The molecule has 1 heterocycles. The third kappa shape index (κ3) is 13.7. The second-order valence-corrected chi connectivity index (χ2v) is 18.0. The summed E-state index contributed by atoms with van der Waals surface area (Å²) >= 11 is 18.6. The van der Waals surface area contributed by atoms with E-state index >= 15 is 0 Å². The lowest BCUT2D eigenvalue weighted by Gasteiger charge is -2.18. The smallest absolute Gasteiger partial charge is 0.164 e. The van der Waals surface area contributed by atoms with Crippen LogP contribution in [0.15, 0.2) is 158 Å². The Kier molecular flexibility index (Phi) is 16.8. The number of aliphatic hydroxyl groups is 1. The number of Topliss-reactive ketones (excluding diaryl/α,β-unsaturated/α-hetero) is 2. The number of carbonyl (C=O) groups is 2. The molecule has 8 heteroatoms. The van der Waals surface area contributed by atoms with Gasteiger partial charge in [0.05, 0.1) is 6.10 Å². The predicted molar refractivity (Wildman–Crippen MR) is 274 cm³/mol. The first-order valence-electron chi connectivity index (χ1n) is 21.9. The maximum absolute atomic E-state index is 14.3. The zero-order chi connectivity index (χ0) is 45.7. The van der Waals surface area contributed by atoms with Crippen molar-refractivity contribution in [3.63, 3.8) is 0 Å². The summed E-state index contributed by atoms with van der Waals surface area (Å²) < 4.78 is 0. The monoisotopic (exact) mass is 918 g/mol. The summed E-state index contributed by atoms with van der Waals surface area (Å²) in [5.41, 5.74) is 9.42. The second-order valence-electron chi connectivity index (χ2n) is 16.7. The van der Waals surface area contributed by atoms with Gasteiger partial charge in [-0.15, -0.1) is 0 Å². The van der Waals surface area contributed by atoms with E-state index in [0.717, 1.165) is 64.0 Å². The van der Waals surface area contributed by atoms with Crippen LogP contribution in [0.3, 0.4) is 0 Å². The molecule has 1 fully saturated rings. The van der Waals surface area contributed by atoms with Gasteiger partial charge in [-0.1, -0.05) is 156 Å². The summed E-state index contributed by atoms with van der Waals surface area (Å²) in [7, 11) is 3.95. The lowest BCUT2D eigenvalue weighted by Crippen LogP contribution is -2.24.